The van der Waals surface area contributed by atoms with Crippen molar-refractivity contribution in [2.24, 2.45) is 0 Å². The molecule has 1 aromatic rings. The van der Waals surface area contributed by atoms with Crippen molar-refractivity contribution in [2.75, 3.05) is 31.1 Å². The number of hydrogen-bond acceptors (Lipinski definition) is 5. The van der Waals surface area contributed by atoms with Gasteiger partial charge in [0.15, 0.2) is 0 Å². The van der Waals surface area contributed by atoms with Crippen LogP contribution in [0.4, 0.5) is 11.4 Å². The Morgan fingerprint density at radius 2 is 2.14 bits per heavy atom. The third-order valence-corrected chi connectivity index (χ3v) is 4.60. The van der Waals surface area contributed by atoms with Gasteiger partial charge in [-0.2, -0.15) is 0 Å². The smallest absolute Gasteiger partial charge is 0.292 e. The largest absolute Gasteiger partial charge is 0.392 e. The maximum atomic E-state index is 11.3. The molecule has 0 aromatic heterocycles. The number of piperazine rings is 1. The molecule has 1 atom stereocenters. The number of anilines is 1. The second-order valence-electron chi connectivity index (χ2n) is 5.87. The molecule has 0 radical (unpaired) electrons. The van der Waals surface area contributed by atoms with E-state index in [4.69, 9.17) is 5.11 Å². The second-order valence-corrected chi connectivity index (χ2v) is 5.87. The van der Waals surface area contributed by atoms with Gasteiger partial charge in [-0.05, 0) is 31.0 Å². The number of aliphatic hydroxyl groups is 1. The van der Waals surface area contributed by atoms with Gasteiger partial charge in [-0.3, -0.25) is 15.0 Å². The summed E-state index contributed by atoms with van der Waals surface area (Å²) in [6, 6.07) is 5.56. The highest BCUT2D eigenvalue weighted by atomic mass is 16.6. The van der Waals surface area contributed by atoms with Crippen LogP contribution in [0, 0.1) is 10.1 Å². The SMILES string of the molecule is O=[N+]([O-])c1cc(CO)ccc1N1CCN2CCCCC2C1. The molecule has 0 aliphatic carbocycles. The molecule has 0 saturated carbocycles. The summed E-state index contributed by atoms with van der Waals surface area (Å²) < 4.78 is 0. The molecule has 0 spiro atoms. The number of benzene rings is 1. The number of nitro groups is 1. The van der Waals surface area contributed by atoms with E-state index in [1.54, 1.807) is 12.1 Å². The van der Waals surface area contributed by atoms with Crippen LogP contribution >= 0.6 is 0 Å². The fourth-order valence-electron chi connectivity index (χ4n) is 3.46. The van der Waals surface area contributed by atoms with Crippen LogP contribution in [-0.2, 0) is 6.61 Å². The summed E-state index contributed by atoms with van der Waals surface area (Å²) in [6.07, 6.45) is 3.70. The van der Waals surface area contributed by atoms with Crippen LogP contribution in [0.1, 0.15) is 24.8 Å². The Morgan fingerprint density at radius 1 is 1.29 bits per heavy atom. The van der Waals surface area contributed by atoms with Crippen molar-refractivity contribution in [3.63, 3.8) is 0 Å². The van der Waals surface area contributed by atoms with Crippen LogP contribution in [0.3, 0.4) is 0 Å². The summed E-state index contributed by atoms with van der Waals surface area (Å²) in [6.45, 7) is 3.65. The standard InChI is InChI=1S/C15H21N3O3/c19-11-12-4-5-14(15(9-12)18(20)21)17-8-7-16-6-2-1-3-13(16)10-17/h4-5,9,13,19H,1-3,6-8,10-11H2. The van der Waals surface area contributed by atoms with Gasteiger partial charge < -0.3 is 10.0 Å². The molecule has 21 heavy (non-hydrogen) atoms. The molecule has 1 aromatic carbocycles. The number of aliphatic hydroxyl groups excluding tert-OH is 1. The van der Waals surface area contributed by atoms with Gasteiger partial charge >= 0.3 is 0 Å². The Bertz CT molecular complexity index is 535. The van der Waals surface area contributed by atoms with Gasteiger partial charge in [0.2, 0.25) is 0 Å². The van der Waals surface area contributed by atoms with E-state index in [0.29, 0.717) is 17.3 Å². The average molecular weight is 291 g/mol. The highest BCUT2D eigenvalue weighted by molar-refractivity contribution is 5.64. The molecule has 114 valence electrons. The fraction of sp³-hybridized carbons (Fsp3) is 0.600. The summed E-state index contributed by atoms with van der Waals surface area (Å²) in [4.78, 5) is 15.6. The number of fused-ring (bicyclic) bond motifs is 1. The van der Waals surface area contributed by atoms with E-state index in [1.165, 1.54) is 25.3 Å². The molecule has 2 aliphatic rings. The number of piperidine rings is 1. The molecule has 0 amide bonds. The zero-order valence-electron chi connectivity index (χ0n) is 12.1. The maximum Gasteiger partial charge on any atom is 0.292 e. The number of rotatable bonds is 3. The lowest BCUT2D eigenvalue weighted by molar-refractivity contribution is -0.384. The van der Waals surface area contributed by atoms with Crippen molar-refractivity contribution in [1.29, 1.82) is 0 Å². The minimum Gasteiger partial charge on any atom is -0.392 e. The van der Waals surface area contributed by atoms with Crippen molar-refractivity contribution in [3.8, 4) is 0 Å². The minimum atomic E-state index is -0.345. The lowest BCUT2D eigenvalue weighted by atomic mass is 9.99. The first-order valence-corrected chi connectivity index (χ1v) is 7.56. The molecule has 2 fully saturated rings. The minimum absolute atomic E-state index is 0.103. The lowest BCUT2D eigenvalue weighted by Crippen LogP contribution is -2.55. The fourth-order valence-corrected chi connectivity index (χ4v) is 3.46. The highest BCUT2D eigenvalue weighted by Crippen LogP contribution is 2.32. The third kappa shape index (κ3) is 2.87. The van der Waals surface area contributed by atoms with Crippen LogP contribution in [0.2, 0.25) is 0 Å². The molecule has 6 heteroatoms. The highest BCUT2D eigenvalue weighted by Gasteiger charge is 2.31. The van der Waals surface area contributed by atoms with Crippen molar-refractivity contribution < 1.29 is 10.0 Å². The van der Waals surface area contributed by atoms with Crippen LogP contribution in [0.5, 0.6) is 0 Å². The summed E-state index contributed by atoms with van der Waals surface area (Å²) in [5.74, 6) is 0. The Balaban J connectivity index is 1.84. The van der Waals surface area contributed by atoms with Crippen molar-refractivity contribution in [2.45, 2.75) is 31.9 Å². The van der Waals surface area contributed by atoms with Crippen molar-refractivity contribution >= 4 is 11.4 Å². The van der Waals surface area contributed by atoms with Crippen LogP contribution in [-0.4, -0.2) is 47.2 Å². The predicted octanol–water partition coefficient (Wildman–Crippen LogP) is 1.76. The molecule has 2 saturated heterocycles. The Kier molecular flexibility index (Phi) is 4.07. The molecule has 6 nitrogen and oxygen atoms in total. The Hall–Kier alpha value is -1.66. The van der Waals surface area contributed by atoms with Gasteiger partial charge in [-0.25, -0.2) is 0 Å². The van der Waals surface area contributed by atoms with Crippen LogP contribution in [0.25, 0.3) is 0 Å². The van der Waals surface area contributed by atoms with E-state index in [0.717, 1.165) is 26.2 Å². The third-order valence-electron chi connectivity index (χ3n) is 4.60. The molecule has 0 bridgehead atoms. The van der Waals surface area contributed by atoms with E-state index >= 15 is 0 Å². The van der Waals surface area contributed by atoms with Crippen molar-refractivity contribution in [1.82, 2.24) is 4.90 Å². The summed E-state index contributed by atoms with van der Waals surface area (Å²) in [5, 5.41) is 20.5. The predicted molar refractivity (Wildman–Crippen MR) is 80.4 cm³/mol. The number of nitrogens with zero attached hydrogens (tertiary/aromatic N) is 3. The van der Waals surface area contributed by atoms with Gasteiger partial charge in [0.05, 0.1) is 11.5 Å². The van der Waals surface area contributed by atoms with Crippen LogP contribution < -0.4 is 4.90 Å². The van der Waals surface area contributed by atoms with Crippen LogP contribution in [0.15, 0.2) is 18.2 Å². The first kappa shape index (κ1) is 14.3. The van der Waals surface area contributed by atoms with Crippen molar-refractivity contribution in [3.05, 3.63) is 33.9 Å². The van der Waals surface area contributed by atoms with Gasteiger partial charge in [-0.1, -0.05) is 12.5 Å². The van der Waals surface area contributed by atoms with E-state index in [1.807, 2.05) is 0 Å². The molecule has 1 N–H and O–H groups in total. The topological polar surface area (TPSA) is 69.8 Å². The zero-order valence-corrected chi connectivity index (χ0v) is 12.1. The van der Waals surface area contributed by atoms with E-state index < -0.39 is 0 Å². The van der Waals surface area contributed by atoms with Gasteiger partial charge in [0, 0.05) is 31.7 Å². The van der Waals surface area contributed by atoms with E-state index in [9.17, 15) is 10.1 Å². The first-order chi connectivity index (χ1) is 10.2. The monoisotopic (exact) mass is 291 g/mol. The average Bonchev–Trinajstić information content (AvgIpc) is 2.53. The molecular formula is C15H21N3O3. The molecule has 1 unspecified atom stereocenters. The summed E-state index contributed by atoms with van der Waals surface area (Å²) >= 11 is 0. The zero-order chi connectivity index (χ0) is 14.8. The summed E-state index contributed by atoms with van der Waals surface area (Å²) in [7, 11) is 0. The number of nitro benzene ring substituents is 1. The summed E-state index contributed by atoms with van der Waals surface area (Å²) in [5.41, 5.74) is 1.37. The van der Waals surface area contributed by atoms with E-state index in [-0.39, 0.29) is 17.2 Å². The Labute approximate surface area is 124 Å². The molecule has 2 heterocycles. The number of hydrogen-bond donors (Lipinski definition) is 1. The first-order valence-electron chi connectivity index (χ1n) is 7.56. The second kappa shape index (κ2) is 5.99. The van der Waals surface area contributed by atoms with Gasteiger partial charge in [-0.15, -0.1) is 0 Å². The van der Waals surface area contributed by atoms with Gasteiger partial charge in [0.25, 0.3) is 5.69 Å². The Morgan fingerprint density at radius 3 is 2.90 bits per heavy atom. The van der Waals surface area contributed by atoms with E-state index in [2.05, 4.69) is 9.80 Å². The normalized spacial score (nSPS) is 22.9. The maximum absolute atomic E-state index is 11.3. The molecule has 3 rings (SSSR count). The lowest BCUT2D eigenvalue weighted by Gasteiger charge is -2.44. The van der Waals surface area contributed by atoms with Gasteiger partial charge in [0.1, 0.15) is 5.69 Å². The quantitative estimate of drug-likeness (QED) is 0.679. The molecule has 2 aliphatic heterocycles. The molecular weight excluding hydrogens is 270 g/mol.